The third-order valence-corrected chi connectivity index (χ3v) is 2.48. The van der Waals surface area contributed by atoms with Gasteiger partial charge in [0.15, 0.2) is 0 Å². The van der Waals surface area contributed by atoms with Gasteiger partial charge in [0.05, 0.1) is 12.4 Å². The van der Waals surface area contributed by atoms with E-state index in [1.807, 2.05) is 12.0 Å². The molecule has 1 heterocycles. The van der Waals surface area contributed by atoms with Crippen LogP contribution in [-0.2, 0) is 15.0 Å². The molecule has 1 saturated heterocycles. The Morgan fingerprint density at radius 1 is 1.33 bits per heavy atom. The number of hydrogen-bond donors (Lipinski definition) is 2. The molecule has 0 amide bonds. The summed E-state index contributed by atoms with van der Waals surface area (Å²) in [7, 11) is -3.66. The molecule has 0 aliphatic carbocycles. The first-order chi connectivity index (χ1) is 6.99. The molecule has 1 fully saturated rings. The standard InChI is InChI=1S/C6H14N2O.C2H6O3S/c1-2-9-8-5-3-7-4-6-8;1-2-6(3,4)5/h7H,2-6H2,1H3;2H2,1H3,(H,3,4,5). The maximum absolute atomic E-state index is 9.56. The molecule has 0 aromatic heterocycles. The minimum Gasteiger partial charge on any atom is -0.314 e. The second-order valence-electron chi connectivity index (χ2n) is 2.97. The molecule has 1 rings (SSSR count). The lowest BCUT2D eigenvalue weighted by Gasteiger charge is -2.25. The average Bonchev–Trinajstić information content (AvgIpc) is 2.20. The van der Waals surface area contributed by atoms with Crippen LogP contribution in [0, 0.1) is 0 Å². The lowest BCUT2D eigenvalue weighted by Crippen LogP contribution is -2.43. The van der Waals surface area contributed by atoms with Crippen molar-refractivity contribution in [2.75, 3.05) is 38.5 Å². The molecule has 0 spiro atoms. The number of piperazine rings is 1. The number of hydroxylamine groups is 2. The highest BCUT2D eigenvalue weighted by Crippen LogP contribution is 1.91. The van der Waals surface area contributed by atoms with Crippen molar-refractivity contribution in [2.45, 2.75) is 13.8 Å². The maximum Gasteiger partial charge on any atom is 0.264 e. The number of nitrogens with one attached hydrogen (secondary N) is 1. The van der Waals surface area contributed by atoms with E-state index in [0.717, 1.165) is 32.8 Å². The summed E-state index contributed by atoms with van der Waals surface area (Å²) in [5.41, 5.74) is 0. The van der Waals surface area contributed by atoms with Crippen molar-refractivity contribution in [2.24, 2.45) is 0 Å². The highest BCUT2D eigenvalue weighted by atomic mass is 32.2. The van der Waals surface area contributed by atoms with Gasteiger partial charge in [-0.05, 0) is 13.8 Å². The van der Waals surface area contributed by atoms with Crippen LogP contribution in [0.1, 0.15) is 13.8 Å². The molecule has 0 aromatic rings. The van der Waals surface area contributed by atoms with Gasteiger partial charge >= 0.3 is 0 Å². The third-order valence-electron chi connectivity index (χ3n) is 1.75. The zero-order chi connectivity index (χ0) is 11.7. The molecule has 6 nitrogen and oxygen atoms in total. The van der Waals surface area contributed by atoms with Crippen molar-refractivity contribution >= 4 is 10.1 Å². The van der Waals surface area contributed by atoms with E-state index in [9.17, 15) is 8.42 Å². The number of rotatable bonds is 3. The molecule has 0 saturated carbocycles. The van der Waals surface area contributed by atoms with Crippen LogP contribution in [0.25, 0.3) is 0 Å². The predicted molar refractivity (Wildman–Crippen MR) is 58.2 cm³/mol. The summed E-state index contributed by atoms with van der Waals surface area (Å²) in [5.74, 6) is -0.201. The normalized spacial score (nSPS) is 18.1. The molecule has 0 unspecified atom stereocenters. The largest absolute Gasteiger partial charge is 0.314 e. The van der Waals surface area contributed by atoms with Crippen molar-refractivity contribution in [1.29, 1.82) is 0 Å². The molecule has 92 valence electrons. The van der Waals surface area contributed by atoms with E-state index in [4.69, 9.17) is 9.39 Å². The van der Waals surface area contributed by atoms with Gasteiger partial charge in [0, 0.05) is 26.2 Å². The van der Waals surface area contributed by atoms with Crippen LogP contribution in [0.3, 0.4) is 0 Å². The van der Waals surface area contributed by atoms with Gasteiger partial charge in [0.25, 0.3) is 10.1 Å². The Labute approximate surface area is 91.3 Å². The van der Waals surface area contributed by atoms with Gasteiger partial charge < -0.3 is 5.32 Å². The topological polar surface area (TPSA) is 78.9 Å². The number of nitrogens with zero attached hydrogens (tertiary/aromatic N) is 1. The molecule has 0 aromatic carbocycles. The van der Waals surface area contributed by atoms with Crippen molar-refractivity contribution in [3.8, 4) is 0 Å². The van der Waals surface area contributed by atoms with Gasteiger partial charge in [-0.15, -0.1) is 0 Å². The number of hydrogen-bond acceptors (Lipinski definition) is 5. The molecule has 0 bridgehead atoms. The van der Waals surface area contributed by atoms with E-state index in [1.54, 1.807) is 0 Å². The van der Waals surface area contributed by atoms with Crippen LogP contribution in [0.2, 0.25) is 0 Å². The first-order valence-electron chi connectivity index (χ1n) is 5.03. The molecule has 1 aliphatic rings. The van der Waals surface area contributed by atoms with Crippen molar-refractivity contribution in [1.82, 2.24) is 10.4 Å². The summed E-state index contributed by atoms with van der Waals surface area (Å²) in [6.07, 6.45) is 0. The van der Waals surface area contributed by atoms with Crippen LogP contribution < -0.4 is 5.32 Å². The van der Waals surface area contributed by atoms with Gasteiger partial charge in [-0.3, -0.25) is 9.39 Å². The molecule has 15 heavy (non-hydrogen) atoms. The maximum atomic E-state index is 9.56. The van der Waals surface area contributed by atoms with E-state index < -0.39 is 10.1 Å². The Morgan fingerprint density at radius 2 is 1.80 bits per heavy atom. The van der Waals surface area contributed by atoms with Crippen molar-refractivity contribution in [3.63, 3.8) is 0 Å². The summed E-state index contributed by atoms with van der Waals surface area (Å²) in [5, 5.41) is 5.26. The molecule has 2 N–H and O–H groups in total. The zero-order valence-corrected chi connectivity index (χ0v) is 10.1. The minimum absolute atomic E-state index is 0.201. The highest BCUT2D eigenvalue weighted by Gasteiger charge is 2.07. The summed E-state index contributed by atoms with van der Waals surface area (Å²) in [6, 6.07) is 0. The molecular formula is C8H20N2O4S. The van der Waals surface area contributed by atoms with Gasteiger partial charge in [-0.2, -0.15) is 13.5 Å². The van der Waals surface area contributed by atoms with Crippen LogP contribution in [-0.4, -0.2) is 56.6 Å². The summed E-state index contributed by atoms with van der Waals surface area (Å²) in [4.78, 5) is 5.28. The fourth-order valence-corrected chi connectivity index (χ4v) is 0.956. The smallest absolute Gasteiger partial charge is 0.264 e. The highest BCUT2D eigenvalue weighted by molar-refractivity contribution is 7.85. The second kappa shape index (κ2) is 8.00. The molecule has 7 heteroatoms. The van der Waals surface area contributed by atoms with Crippen LogP contribution in [0.5, 0.6) is 0 Å². The Kier molecular flexibility index (Phi) is 7.89. The van der Waals surface area contributed by atoms with Crippen molar-refractivity contribution < 1.29 is 17.8 Å². The van der Waals surface area contributed by atoms with E-state index in [-0.39, 0.29) is 5.75 Å². The van der Waals surface area contributed by atoms with Gasteiger partial charge in [-0.25, -0.2) is 0 Å². The average molecular weight is 240 g/mol. The summed E-state index contributed by atoms with van der Waals surface area (Å²) >= 11 is 0. The van der Waals surface area contributed by atoms with Gasteiger partial charge in [0.1, 0.15) is 0 Å². The SMILES string of the molecule is CCON1CCNCC1.CCS(=O)(=O)O. The summed E-state index contributed by atoms with van der Waals surface area (Å²) < 4.78 is 26.9. The summed E-state index contributed by atoms with van der Waals surface area (Å²) in [6.45, 7) is 8.33. The van der Waals surface area contributed by atoms with Crippen LogP contribution >= 0.6 is 0 Å². The zero-order valence-electron chi connectivity index (χ0n) is 9.27. The Morgan fingerprint density at radius 3 is 2.13 bits per heavy atom. The molecule has 1 aliphatic heterocycles. The Balaban J connectivity index is 0.000000288. The first kappa shape index (κ1) is 14.8. The quantitative estimate of drug-likeness (QED) is 0.662. The predicted octanol–water partition coefficient (Wildman–Crippen LogP) is -0.263. The Bertz CT molecular complexity index is 234. The van der Waals surface area contributed by atoms with Gasteiger partial charge in [-0.1, -0.05) is 0 Å². The molecule has 0 atom stereocenters. The van der Waals surface area contributed by atoms with E-state index in [2.05, 4.69) is 5.32 Å². The second-order valence-corrected chi connectivity index (χ2v) is 4.71. The lowest BCUT2D eigenvalue weighted by atomic mass is 10.4. The fraction of sp³-hybridized carbons (Fsp3) is 1.00. The molecular weight excluding hydrogens is 220 g/mol. The van der Waals surface area contributed by atoms with E-state index in [0.29, 0.717) is 0 Å². The van der Waals surface area contributed by atoms with E-state index >= 15 is 0 Å². The lowest BCUT2D eigenvalue weighted by molar-refractivity contribution is -0.159. The molecule has 0 radical (unpaired) electrons. The minimum atomic E-state index is -3.66. The monoisotopic (exact) mass is 240 g/mol. The third kappa shape index (κ3) is 10.1. The first-order valence-corrected chi connectivity index (χ1v) is 6.64. The van der Waals surface area contributed by atoms with Gasteiger partial charge in [0.2, 0.25) is 0 Å². The van der Waals surface area contributed by atoms with Crippen molar-refractivity contribution in [3.05, 3.63) is 0 Å². The van der Waals surface area contributed by atoms with Crippen LogP contribution in [0.4, 0.5) is 0 Å². The Hall–Kier alpha value is -0.210. The van der Waals surface area contributed by atoms with E-state index in [1.165, 1.54) is 6.92 Å². The fourth-order valence-electron chi connectivity index (χ4n) is 0.956. The van der Waals surface area contributed by atoms with Crippen LogP contribution in [0.15, 0.2) is 0 Å².